The monoisotopic (exact) mass is 498 g/mol. The van der Waals surface area contributed by atoms with Crippen LogP contribution in [0.5, 0.6) is 5.75 Å². The predicted molar refractivity (Wildman–Crippen MR) is 119 cm³/mol. The lowest BCUT2D eigenvalue weighted by atomic mass is 10.1. The fourth-order valence-corrected chi connectivity index (χ4v) is 3.45. The maximum atomic E-state index is 13.2. The maximum absolute atomic E-state index is 13.2. The molecule has 0 aromatic heterocycles. The fourth-order valence-electron chi connectivity index (χ4n) is 2.65. The third-order valence-corrected chi connectivity index (χ3v) is 5.53. The topological polar surface area (TPSA) is 58.6 Å². The average molecular weight is 500 g/mol. The molecule has 0 aliphatic heterocycles. The molecule has 2 rings (SSSR count). The van der Waals surface area contributed by atoms with Crippen molar-refractivity contribution in [3.05, 3.63) is 63.3 Å². The lowest BCUT2D eigenvalue weighted by Gasteiger charge is -2.29. The van der Waals surface area contributed by atoms with Gasteiger partial charge in [-0.2, -0.15) is 0 Å². The molecule has 5 nitrogen and oxygen atoms in total. The summed E-state index contributed by atoms with van der Waals surface area (Å²) >= 11 is 9.28. The summed E-state index contributed by atoms with van der Waals surface area (Å²) in [7, 11) is 0. The summed E-state index contributed by atoms with van der Waals surface area (Å²) in [5.74, 6) is -0.526. The molecule has 0 aliphatic carbocycles. The lowest BCUT2D eigenvalue weighted by Crippen LogP contribution is -2.50. The molecule has 8 heteroatoms. The van der Waals surface area contributed by atoms with E-state index in [1.54, 1.807) is 37.3 Å². The van der Waals surface area contributed by atoms with Gasteiger partial charge in [-0.15, -0.1) is 0 Å². The number of nitrogens with one attached hydrogen (secondary N) is 1. The molecule has 0 aliphatic rings. The first kappa shape index (κ1) is 24.2. The third kappa shape index (κ3) is 6.99. The summed E-state index contributed by atoms with van der Waals surface area (Å²) in [5.41, 5.74) is 0.709. The van der Waals surface area contributed by atoms with Crippen molar-refractivity contribution in [2.75, 3.05) is 6.61 Å². The summed E-state index contributed by atoms with van der Waals surface area (Å²) < 4.78 is 19.5. The van der Waals surface area contributed by atoms with Crippen molar-refractivity contribution in [1.29, 1.82) is 0 Å². The van der Waals surface area contributed by atoms with E-state index in [1.165, 1.54) is 17.0 Å². The van der Waals surface area contributed by atoms with Crippen molar-refractivity contribution >= 4 is 39.3 Å². The van der Waals surface area contributed by atoms with Crippen LogP contribution in [-0.2, 0) is 16.1 Å². The molecule has 0 radical (unpaired) electrons. The number of rotatable bonds is 9. The van der Waals surface area contributed by atoms with Gasteiger partial charge in [-0.1, -0.05) is 30.7 Å². The van der Waals surface area contributed by atoms with Crippen molar-refractivity contribution in [3.8, 4) is 5.75 Å². The Morgan fingerprint density at radius 3 is 2.47 bits per heavy atom. The zero-order chi connectivity index (χ0) is 22.3. The van der Waals surface area contributed by atoms with E-state index in [1.807, 2.05) is 13.8 Å². The minimum absolute atomic E-state index is 0.0102. The number of hydrogen-bond donors (Lipinski definition) is 1. The Kier molecular flexibility index (Phi) is 9.11. The van der Waals surface area contributed by atoms with Crippen LogP contribution in [0.3, 0.4) is 0 Å². The molecule has 0 saturated heterocycles. The summed E-state index contributed by atoms with van der Waals surface area (Å²) in [6, 6.07) is 10.1. The van der Waals surface area contributed by atoms with Crippen LogP contribution >= 0.6 is 27.5 Å². The van der Waals surface area contributed by atoms with Gasteiger partial charge in [0.1, 0.15) is 17.6 Å². The average Bonchev–Trinajstić information content (AvgIpc) is 2.71. The van der Waals surface area contributed by atoms with Gasteiger partial charge in [0.05, 0.1) is 4.47 Å². The van der Waals surface area contributed by atoms with E-state index < -0.39 is 6.04 Å². The van der Waals surface area contributed by atoms with Gasteiger partial charge in [0, 0.05) is 17.6 Å². The molecule has 2 amide bonds. The molecule has 1 N–H and O–H groups in total. The smallest absolute Gasteiger partial charge is 0.261 e. The van der Waals surface area contributed by atoms with E-state index in [9.17, 15) is 14.0 Å². The standard InChI is InChI=1S/C22H25BrClFN2O3/c1-4-14(2)26-22(29)15(3)27(12-16-5-8-18(25)9-6-16)21(28)13-30-20-10-7-17(24)11-19(20)23/h5-11,14-15H,4,12-13H2,1-3H3,(H,26,29)/t14-,15-/m1/s1. The third-order valence-electron chi connectivity index (χ3n) is 4.68. The van der Waals surface area contributed by atoms with Crippen LogP contribution in [0.25, 0.3) is 0 Å². The molecule has 2 aromatic rings. The first-order chi connectivity index (χ1) is 14.2. The number of carbonyl (C=O) groups is 2. The lowest BCUT2D eigenvalue weighted by molar-refractivity contribution is -0.142. The highest BCUT2D eigenvalue weighted by Crippen LogP contribution is 2.28. The number of ether oxygens (including phenoxy) is 1. The first-order valence-corrected chi connectivity index (χ1v) is 10.8. The molecule has 0 heterocycles. The van der Waals surface area contributed by atoms with Gasteiger partial charge >= 0.3 is 0 Å². The highest BCUT2D eigenvalue weighted by molar-refractivity contribution is 9.10. The highest BCUT2D eigenvalue weighted by atomic mass is 79.9. The highest BCUT2D eigenvalue weighted by Gasteiger charge is 2.27. The van der Waals surface area contributed by atoms with Gasteiger partial charge in [-0.25, -0.2) is 4.39 Å². The largest absolute Gasteiger partial charge is 0.483 e. The van der Waals surface area contributed by atoms with Gasteiger partial charge in [0.25, 0.3) is 5.91 Å². The molecule has 0 fully saturated rings. The molecule has 0 saturated carbocycles. The zero-order valence-electron chi connectivity index (χ0n) is 17.1. The number of hydrogen-bond acceptors (Lipinski definition) is 3. The number of benzene rings is 2. The Morgan fingerprint density at radius 1 is 1.20 bits per heavy atom. The van der Waals surface area contributed by atoms with Crippen LogP contribution in [-0.4, -0.2) is 35.4 Å². The second kappa shape index (κ2) is 11.3. The van der Waals surface area contributed by atoms with Crippen LogP contribution < -0.4 is 10.1 Å². The van der Waals surface area contributed by atoms with Gasteiger partial charge in [0.2, 0.25) is 5.91 Å². The molecule has 0 unspecified atom stereocenters. The van der Waals surface area contributed by atoms with Gasteiger partial charge in [-0.3, -0.25) is 9.59 Å². The van der Waals surface area contributed by atoms with E-state index in [-0.39, 0.29) is 36.8 Å². The SMILES string of the molecule is CC[C@@H](C)NC(=O)[C@@H](C)N(Cc1ccc(F)cc1)C(=O)COc1ccc(Cl)cc1Br. The first-order valence-electron chi connectivity index (χ1n) is 9.63. The maximum Gasteiger partial charge on any atom is 0.261 e. The summed E-state index contributed by atoms with van der Waals surface area (Å²) in [4.78, 5) is 27.0. The molecule has 2 aromatic carbocycles. The van der Waals surface area contributed by atoms with E-state index in [0.29, 0.717) is 20.8 Å². The molecular weight excluding hydrogens is 475 g/mol. The van der Waals surface area contributed by atoms with Crippen molar-refractivity contribution in [3.63, 3.8) is 0 Å². The van der Waals surface area contributed by atoms with E-state index in [4.69, 9.17) is 16.3 Å². The van der Waals surface area contributed by atoms with Crippen LogP contribution in [0.1, 0.15) is 32.8 Å². The van der Waals surface area contributed by atoms with Crippen LogP contribution in [0.2, 0.25) is 5.02 Å². The van der Waals surface area contributed by atoms with Crippen molar-refractivity contribution < 1.29 is 18.7 Å². The minimum atomic E-state index is -0.728. The summed E-state index contributed by atoms with van der Waals surface area (Å²) in [6.45, 7) is 5.42. The van der Waals surface area contributed by atoms with Gasteiger partial charge < -0.3 is 15.0 Å². The van der Waals surface area contributed by atoms with Crippen LogP contribution in [0, 0.1) is 5.82 Å². The normalized spacial score (nSPS) is 12.7. The summed E-state index contributed by atoms with van der Waals surface area (Å²) in [5, 5.41) is 3.43. The van der Waals surface area contributed by atoms with E-state index in [2.05, 4.69) is 21.2 Å². The second-order valence-corrected chi connectivity index (χ2v) is 8.30. The van der Waals surface area contributed by atoms with Crippen molar-refractivity contribution in [2.45, 2.75) is 45.8 Å². The van der Waals surface area contributed by atoms with E-state index >= 15 is 0 Å². The summed E-state index contributed by atoms with van der Waals surface area (Å²) in [6.07, 6.45) is 0.776. The van der Waals surface area contributed by atoms with Crippen molar-refractivity contribution in [1.82, 2.24) is 10.2 Å². The Balaban J connectivity index is 2.16. The second-order valence-electron chi connectivity index (χ2n) is 7.01. The molecule has 0 bridgehead atoms. The molecule has 2 atom stereocenters. The number of nitrogens with zero attached hydrogens (tertiary/aromatic N) is 1. The fraction of sp³-hybridized carbons (Fsp3) is 0.364. The van der Waals surface area contributed by atoms with Crippen LogP contribution in [0.4, 0.5) is 4.39 Å². The molecular formula is C22H25BrClFN2O3. The molecule has 0 spiro atoms. The number of amides is 2. The zero-order valence-corrected chi connectivity index (χ0v) is 19.5. The van der Waals surface area contributed by atoms with Crippen molar-refractivity contribution in [2.24, 2.45) is 0 Å². The number of halogens is 3. The Labute approximate surface area is 189 Å². The minimum Gasteiger partial charge on any atom is -0.483 e. The van der Waals surface area contributed by atoms with Gasteiger partial charge in [-0.05, 0) is 72.1 Å². The molecule has 30 heavy (non-hydrogen) atoms. The predicted octanol–water partition coefficient (Wildman–Crippen LogP) is 4.95. The Hall–Kier alpha value is -2.12. The Morgan fingerprint density at radius 2 is 1.87 bits per heavy atom. The number of carbonyl (C=O) groups excluding carboxylic acids is 2. The Bertz CT molecular complexity index is 879. The quantitative estimate of drug-likeness (QED) is 0.531. The van der Waals surface area contributed by atoms with Gasteiger partial charge in [0.15, 0.2) is 6.61 Å². The van der Waals surface area contributed by atoms with E-state index in [0.717, 1.165) is 6.42 Å². The molecule has 162 valence electrons. The van der Waals surface area contributed by atoms with Crippen LogP contribution in [0.15, 0.2) is 46.9 Å².